The summed E-state index contributed by atoms with van der Waals surface area (Å²) in [6.07, 6.45) is 4.57. The van der Waals surface area contributed by atoms with Crippen molar-refractivity contribution >= 4 is 43.5 Å². The fourth-order valence-corrected chi connectivity index (χ4v) is 7.31. The largest absolute Gasteiger partial charge is 0.454 e. The molecule has 1 aliphatic carbocycles. The topological polar surface area (TPSA) is 17.0 Å². The fourth-order valence-electron chi connectivity index (χ4n) is 7.31. The van der Waals surface area contributed by atoms with Crippen LogP contribution in [0, 0.1) is 6.92 Å². The van der Waals surface area contributed by atoms with Crippen molar-refractivity contribution in [3.8, 4) is 11.3 Å². The summed E-state index contributed by atoms with van der Waals surface area (Å²) in [4.78, 5) is 0. The molecule has 6 aromatic rings. The molecule has 0 saturated carbocycles. The van der Waals surface area contributed by atoms with Crippen LogP contribution in [0.25, 0.3) is 54.7 Å². The van der Waals surface area contributed by atoms with E-state index in [-0.39, 0.29) is 10.8 Å². The zero-order chi connectivity index (χ0) is 28.1. The highest BCUT2D eigenvalue weighted by atomic mass is 16.3. The molecule has 202 valence electrons. The first-order valence-electron chi connectivity index (χ1n) is 14.8. The minimum atomic E-state index is 0.0898. The maximum Gasteiger partial charge on any atom is 0.224 e. The predicted molar refractivity (Wildman–Crippen MR) is 169 cm³/mol. The van der Waals surface area contributed by atoms with Gasteiger partial charge in [0.25, 0.3) is 0 Å². The second-order valence-corrected chi connectivity index (χ2v) is 13.8. The van der Waals surface area contributed by atoms with Gasteiger partial charge < -0.3 is 4.42 Å². The van der Waals surface area contributed by atoms with Gasteiger partial charge in [0.15, 0.2) is 6.20 Å². The number of hydrogen-bond acceptors (Lipinski definition) is 1. The van der Waals surface area contributed by atoms with Crippen molar-refractivity contribution in [3.63, 3.8) is 0 Å². The molecule has 0 atom stereocenters. The summed E-state index contributed by atoms with van der Waals surface area (Å²) in [6.45, 7) is 16.4. The third kappa shape index (κ3) is 3.51. The van der Waals surface area contributed by atoms with Crippen LogP contribution in [-0.4, -0.2) is 0 Å². The van der Waals surface area contributed by atoms with Crippen molar-refractivity contribution in [2.75, 3.05) is 0 Å². The van der Waals surface area contributed by atoms with Crippen LogP contribution in [0.5, 0.6) is 0 Å². The van der Waals surface area contributed by atoms with E-state index in [1.165, 1.54) is 78.7 Å². The van der Waals surface area contributed by atoms with Gasteiger partial charge in [-0.3, -0.25) is 0 Å². The minimum Gasteiger partial charge on any atom is -0.454 e. The van der Waals surface area contributed by atoms with Crippen molar-refractivity contribution in [1.29, 1.82) is 0 Å². The number of rotatable bonds is 2. The lowest BCUT2D eigenvalue weighted by atomic mass is 9.62. The molecule has 0 unspecified atom stereocenters. The Morgan fingerprint density at radius 2 is 1.43 bits per heavy atom. The van der Waals surface area contributed by atoms with Gasteiger partial charge in [0, 0.05) is 22.2 Å². The van der Waals surface area contributed by atoms with E-state index < -0.39 is 0 Å². The maximum atomic E-state index is 7.11. The SMILES string of the molecule is Cc1ccc2c(oc3c2ccc2ccc4c(c23)C(C)(C)CCC4(C)C)c1-c1c2ccc(C(C)C)cc2cc[n+]1C. The molecule has 2 nitrogen and oxygen atoms in total. The number of fused-ring (bicyclic) bond motifs is 8. The van der Waals surface area contributed by atoms with Gasteiger partial charge in [-0.05, 0) is 81.7 Å². The van der Waals surface area contributed by atoms with E-state index in [4.69, 9.17) is 4.42 Å². The summed E-state index contributed by atoms with van der Waals surface area (Å²) in [5.74, 6) is 0.496. The van der Waals surface area contributed by atoms with Gasteiger partial charge in [-0.1, -0.05) is 84.0 Å². The van der Waals surface area contributed by atoms with E-state index in [2.05, 4.69) is 127 Å². The number of nitrogens with zero attached hydrogens (tertiary/aromatic N) is 1. The average molecular weight is 527 g/mol. The molecule has 2 heterocycles. The zero-order valence-corrected chi connectivity index (χ0v) is 25.2. The molecule has 0 bridgehead atoms. The molecule has 40 heavy (non-hydrogen) atoms. The molecule has 0 spiro atoms. The molecule has 0 fully saturated rings. The second kappa shape index (κ2) is 8.43. The molecule has 0 saturated heterocycles. The van der Waals surface area contributed by atoms with Crippen molar-refractivity contribution in [3.05, 3.63) is 89.1 Å². The van der Waals surface area contributed by atoms with Gasteiger partial charge in [0.05, 0.1) is 10.9 Å². The van der Waals surface area contributed by atoms with Gasteiger partial charge in [0.2, 0.25) is 5.69 Å². The lowest BCUT2D eigenvalue weighted by Gasteiger charge is -2.42. The third-order valence-corrected chi connectivity index (χ3v) is 9.84. The smallest absolute Gasteiger partial charge is 0.224 e. The van der Waals surface area contributed by atoms with E-state index in [0.29, 0.717) is 5.92 Å². The highest BCUT2D eigenvalue weighted by molar-refractivity contribution is 6.19. The van der Waals surface area contributed by atoms with E-state index in [0.717, 1.165) is 11.2 Å². The van der Waals surface area contributed by atoms with Crippen LogP contribution in [0.15, 0.2) is 71.3 Å². The average Bonchev–Trinajstić information content (AvgIpc) is 3.30. The quantitative estimate of drug-likeness (QED) is 0.205. The molecule has 0 radical (unpaired) electrons. The van der Waals surface area contributed by atoms with Gasteiger partial charge in [-0.15, -0.1) is 0 Å². The molecular formula is C38H40NO+. The highest BCUT2D eigenvalue weighted by Crippen LogP contribution is 2.51. The molecule has 2 aromatic heterocycles. The van der Waals surface area contributed by atoms with Gasteiger partial charge in [-0.2, -0.15) is 0 Å². The third-order valence-electron chi connectivity index (χ3n) is 9.84. The molecule has 7 rings (SSSR count). The van der Waals surface area contributed by atoms with Crippen molar-refractivity contribution < 1.29 is 8.98 Å². The summed E-state index contributed by atoms with van der Waals surface area (Å²) in [7, 11) is 2.16. The van der Waals surface area contributed by atoms with Crippen LogP contribution < -0.4 is 4.57 Å². The van der Waals surface area contributed by atoms with Crippen molar-refractivity contribution in [2.24, 2.45) is 7.05 Å². The lowest BCUT2D eigenvalue weighted by molar-refractivity contribution is -0.659. The Morgan fingerprint density at radius 1 is 0.750 bits per heavy atom. The van der Waals surface area contributed by atoms with Crippen LogP contribution in [0.2, 0.25) is 0 Å². The summed E-state index contributed by atoms with van der Waals surface area (Å²) in [6, 6.07) is 23.0. The summed E-state index contributed by atoms with van der Waals surface area (Å²) >= 11 is 0. The van der Waals surface area contributed by atoms with Crippen LogP contribution in [0.3, 0.4) is 0 Å². The molecule has 0 aliphatic heterocycles. The number of hydrogen-bond donors (Lipinski definition) is 0. The Balaban J connectivity index is 1.61. The predicted octanol–water partition coefficient (Wildman–Crippen LogP) is 10.2. The minimum absolute atomic E-state index is 0.0898. The van der Waals surface area contributed by atoms with Gasteiger partial charge in [0.1, 0.15) is 18.2 Å². The Bertz CT molecular complexity index is 2000. The number of benzene rings is 4. The standard InChI is InChI=1S/C38H40NO/c1-22(2)25-11-14-27-26(21-25)17-20-39(8)34(27)31-23(3)9-13-28-29-15-10-24-12-16-30-33(32(24)36(29)40-35(28)31)38(6,7)19-18-37(30,4)5/h9-17,20-22H,18-19H2,1-8H3/q+1. The molecule has 1 aliphatic rings. The zero-order valence-electron chi connectivity index (χ0n) is 25.2. The molecule has 2 heteroatoms. The van der Waals surface area contributed by atoms with E-state index in [1.807, 2.05) is 0 Å². The Kier molecular flexibility index (Phi) is 5.34. The van der Waals surface area contributed by atoms with Crippen LogP contribution >= 0.6 is 0 Å². The molecule has 0 N–H and O–H groups in total. The Morgan fingerprint density at radius 3 is 2.20 bits per heavy atom. The lowest BCUT2D eigenvalue weighted by Crippen LogP contribution is -2.34. The molecular weight excluding hydrogens is 486 g/mol. The second-order valence-electron chi connectivity index (χ2n) is 13.8. The summed E-state index contributed by atoms with van der Waals surface area (Å²) in [5, 5.41) is 7.51. The van der Waals surface area contributed by atoms with Crippen molar-refractivity contribution in [1.82, 2.24) is 0 Å². The van der Waals surface area contributed by atoms with Crippen LogP contribution in [0.4, 0.5) is 0 Å². The first kappa shape index (κ1) is 25.3. The first-order chi connectivity index (χ1) is 19.0. The summed E-state index contributed by atoms with van der Waals surface area (Å²) < 4.78 is 9.37. The number of aromatic nitrogens is 1. The van der Waals surface area contributed by atoms with Crippen molar-refractivity contribution in [2.45, 2.75) is 78.1 Å². The molecule has 0 amide bonds. The number of furan rings is 1. The fraction of sp³-hybridized carbons (Fsp3) is 0.342. The molecule has 4 aromatic carbocycles. The van der Waals surface area contributed by atoms with Crippen LogP contribution in [0.1, 0.15) is 82.6 Å². The number of pyridine rings is 1. The Labute approximate surface area is 237 Å². The van der Waals surface area contributed by atoms with Gasteiger partial charge >= 0.3 is 0 Å². The maximum absolute atomic E-state index is 7.11. The normalized spacial score (nSPS) is 16.4. The van der Waals surface area contributed by atoms with Gasteiger partial charge in [-0.25, -0.2) is 4.57 Å². The van der Waals surface area contributed by atoms with E-state index in [9.17, 15) is 0 Å². The van der Waals surface area contributed by atoms with Crippen LogP contribution in [-0.2, 0) is 17.9 Å². The highest BCUT2D eigenvalue weighted by Gasteiger charge is 2.39. The monoisotopic (exact) mass is 526 g/mol. The first-order valence-corrected chi connectivity index (χ1v) is 14.8. The summed E-state index contributed by atoms with van der Waals surface area (Å²) in [5.41, 5.74) is 10.2. The van der Waals surface area contributed by atoms with E-state index >= 15 is 0 Å². The van der Waals surface area contributed by atoms with E-state index in [1.54, 1.807) is 0 Å². The Hall–Kier alpha value is -3.65. The number of aryl methyl sites for hydroxylation is 2.